The van der Waals surface area contributed by atoms with Gasteiger partial charge in [0.05, 0.1) is 4.92 Å². The number of amides is 1. The molecule has 7 nitrogen and oxygen atoms in total. The fourth-order valence-electron chi connectivity index (χ4n) is 1.69. The Bertz CT molecular complexity index is 485. The molecule has 7 heteroatoms. The minimum atomic E-state index is -0.543. The van der Waals surface area contributed by atoms with Gasteiger partial charge in [-0.15, -0.1) is 0 Å². The lowest BCUT2D eigenvalue weighted by Gasteiger charge is -2.13. The van der Waals surface area contributed by atoms with Crippen molar-refractivity contribution in [1.29, 1.82) is 0 Å². The molecule has 100 valence electrons. The zero-order chi connectivity index (χ0) is 14.1. The first-order chi connectivity index (χ1) is 8.20. The smallest absolute Gasteiger partial charge is 0.323 e. The van der Waals surface area contributed by atoms with Crippen molar-refractivity contribution >= 4 is 11.6 Å². The summed E-state index contributed by atoms with van der Waals surface area (Å²) in [6, 6.07) is 0. The maximum absolute atomic E-state index is 11.9. The van der Waals surface area contributed by atoms with Crippen LogP contribution in [-0.2, 0) is 12.5 Å². The maximum atomic E-state index is 11.9. The van der Waals surface area contributed by atoms with E-state index in [-0.39, 0.29) is 11.4 Å². The van der Waals surface area contributed by atoms with Crippen molar-refractivity contribution in [1.82, 2.24) is 15.1 Å². The summed E-state index contributed by atoms with van der Waals surface area (Å²) in [5, 5.41) is 17.9. The van der Waals surface area contributed by atoms with Crippen molar-refractivity contribution in [2.75, 3.05) is 6.54 Å². The molecule has 0 aliphatic rings. The number of rotatable bonds is 3. The summed E-state index contributed by atoms with van der Waals surface area (Å²) >= 11 is 0. The fraction of sp³-hybridized carbons (Fsp3) is 0.636. The van der Waals surface area contributed by atoms with Gasteiger partial charge >= 0.3 is 5.69 Å². The number of hydrogen-bond acceptors (Lipinski definition) is 4. The van der Waals surface area contributed by atoms with E-state index >= 15 is 0 Å². The van der Waals surface area contributed by atoms with Crippen molar-refractivity contribution < 1.29 is 9.72 Å². The van der Waals surface area contributed by atoms with Gasteiger partial charge in [-0.25, -0.2) is 0 Å². The summed E-state index contributed by atoms with van der Waals surface area (Å²) in [6.07, 6.45) is 0. The van der Waals surface area contributed by atoms with Crippen LogP contribution in [0.1, 0.15) is 43.9 Å². The van der Waals surface area contributed by atoms with Crippen LogP contribution in [0.5, 0.6) is 0 Å². The zero-order valence-corrected chi connectivity index (χ0v) is 11.3. The molecule has 0 atom stereocenters. The molecule has 18 heavy (non-hydrogen) atoms. The van der Waals surface area contributed by atoms with Gasteiger partial charge in [0.25, 0.3) is 5.91 Å². The highest BCUT2D eigenvalue weighted by atomic mass is 16.6. The Morgan fingerprint density at radius 2 is 2.06 bits per heavy atom. The Labute approximate surface area is 105 Å². The van der Waals surface area contributed by atoms with Crippen LogP contribution in [0.15, 0.2) is 0 Å². The number of nitro groups is 1. The minimum Gasteiger partial charge on any atom is -0.351 e. The molecule has 0 aromatic carbocycles. The van der Waals surface area contributed by atoms with Gasteiger partial charge in [0.15, 0.2) is 0 Å². The molecule has 0 unspecified atom stereocenters. The van der Waals surface area contributed by atoms with Crippen molar-refractivity contribution in [3.8, 4) is 0 Å². The first-order valence-corrected chi connectivity index (χ1v) is 5.70. The average Bonchev–Trinajstić information content (AvgIpc) is 2.55. The molecule has 1 amide bonds. The Morgan fingerprint density at radius 3 is 2.44 bits per heavy atom. The van der Waals surface area contributed by atoms with E-state index in [1.807, 2.05) is 20.8 Å². The van der Waals surface area contributed by atoms with Crippen LogP contribution in [0.4, 0.5) is 5.69 Å². The lowest BCUT2D eigenvalue weighted by Crippen LogP contribution is -2.26. The topological polar surface area (TPSA) is 90.1 Å². The predicted molar refractivity (Wildman–Crippen MR) is 66.6 cm³/mol. The third kappa shape index (κ3) is 2.49. The number of aromatic nitrogens is 2. The van der Waals surface area contributed by atoms with E-state index in [0.29, 0.717) is 12.2 Å². The molecule has 0 fully saturated rings. The van der Waals surface area contributed by atoms with Crippen LogP contribution in [0.25, 0.3) is 0 Å². The molecular weight excluding hydrogens is 236 g/mol. The summed E-state index contributed by atoms with van der Waals surface area (Å²) in [7, 11) is 1.53. The molecule has 1 N–H and O–H groups in total. The fourth-order valence-corrected chi connectivity index (χ4v) is 1.69. The summed E-state index contributed by atoms with van der Waals surface area (Å²) in [5.74, 6) is -0.477. The Kier molecular flexibility index (Phi) is 3.73. The van der Waals surface area contributed by atoms with Crippen LogP contribution in [0.3, 0.4) is 0 Å². The second-order valence-corrected chi connectivity index (χ2v) is 5.04. The van der Waals surface area contributed by atoms with Gasteiger partial charge in [-0.2, -0.15) is 5.10 Å². The standard InChI is InChI=1S/C11H18N4O3/c1-6-12-10(16)8-7(15(17)18)9(11(2,3)4)13-14(8)5/h6H2,1-5H3,(H,12,16). The maximum Gasteiger partial charge on any atom is 0.323 e. The Morgan fingerprint density at radius 1 is 1.50 bits per heavy atom. The van der Waals surface area contributed by atoms with E-state index in [1.165, 1.54) is 11.7 Å². The molecule has 1 aromatic rings. The second-order valence-electron chi connectivity index (χ2n) is 5.04. The molecule has 0 bridgehead atoms. The SMILES string of the molecule is CCNC(=O)c1c([N+](=O)[O-])c(C(C)(C)C)nn1C. The first-order valence-electron chi connectivity index (χ1n) is 5.70. The second kappa shape index (κ2) is 4.75. The monoisotopic (exact) mass is 254 g/mol. The van der Waals surface area contributed by atoms with Crippen molar-refractivity contribution in [3.63, 3.8) is 0 Å². The molecule has 1 heterocycles. The van der Waals surface area contributed by atoms with Crippen LogP contribution >= 0.6 is 0 Å². The van der Waals surface area contributed by atoms with Crippen LogP contribution in [0.2, 0.25) is 0 Å². The highest BCUT2D eigenvalue weighted by Gasteiger charge is 2.36. The minimum absolute atomic E-state index is 0.00762. The quantitative estimate of drug-likeness (QED) is 0.651. The van der Waals surface area contributed by atoms with Crippen LogP contribution in [-0.4, -0.2) is 27.2 Å². The van der Waals surface area contributed by atoms with Gasteiger partial charge in [0.1, 0.15) is 5.69 Å². The van der Waals surface area contributed by atoms with E-state index in [9.17, 15) is 14.9 Å². The van der Waals surface area contributed by atoms with Crippen molar-refractivity contribution in [3.05, 3.63) is 21.5 Å². The van der Waals surface area contributed by atoms with E-state index < -0.39 is 16.2 Å². The summed E-state index contributed by atoms with van der Waals surface area (Å²) in [6.45, 7) is 7.63. The van der Waals surface area contributed by atoms with E-state index in [0.717, 1.165) is 0 Å². The average molecular weight is 254 g/mol. The predicted octanol–water partition coefficient (Wildman–Crippen LogP) is 1.38. The highest BCUT2D eigenvalue weighted by Crippen LogP contribution is 2.32. The van der Waals surface area contributed by atoms with E-state index in [1.54, 1.807) is 6.92 Å². The normalized spacial score (nSPS) is 11.4. The molecule has 0 radical (unpaired) electrons. The largest absolute Gasteiger partial charge is 0.351 e. The lowest BCUT2D eigenvalue weighted by atomic mass is 9.91. The lowest BCUT2D eigenvalue weighted by molar-refractivity contribution is -0.386. The molecule has 0 saturated carbocycles. The molecule has 0 aliphatic carbocycles. The Hall–Kier alpha value is -1.92. The van der Waals surface area contributed by atoms with E-state index in [4.69, 9.17) is 0 Å². The van der Waals surface area contributed by atoms with Crippen molar-refractivity contribution in [2.45, 2.75) is 33.1 Å². The van der Waals surface area contributed by atoms with Crippen LogP contribution < -0.4 is 5.32 Å². The molecular formula is C11H18N4O3. The van der Waals surface area contributed by atoms with Gasteiger partial charge in [-0.3, -0.25) is 19.6 Å². The van der Waals surface area contributed by atoms with Crippen molar-refractivity contribution in [2.24, 2.45) is 7.05 Å². The molecule has 0 spiro atoms. The summed E-state index contributed by atoms with van der Waals surface area (Å²) < 4.78 is 1.27. The van der Waals surface area contributed by atoms with Gasteiger partial charge in [-0.05, 0) is 6.92 Å². The van der Waals surface area contributed by atoms with Gasteiger partial charge in [0, 0.05) is 19.0 Å². The van der Waals surface area contributed by atoms with Gasteiger partial charge in [-0.1, -0.05) is 20.8 Å². The number of nitrogens with one attached hydrogen (secondary N) is 1. The number of aryl methyl sites for hydroxylation is 1. The molecule has 1 aromatic heterocycles. The number of carbonyl (C=O) groups is 1. The highest BCUT2D eigenvalue weighted by molar-refractivity contribution is 5.97. The van der Waals surface area contributed by atoms with Crippen LogP contribution in [0, 0.1) is 10.1 Å². The number of nitrogens with zero attached hydrogens (tertiary/aromatic N) is 3. The first kappa shape index (κ1) is 14.1. The van der Waals surface area contributed by atoms with E-state index in [2.05, 4.69) is 10.4 Å². The number of hydrogen-bond donors (Lipinski definition) is 1. The Balaban J connectivity index is 3.48. The summed E-state index contributed by atoms with van der Waals surface area (Å²) in [4.78, 5) is 22.5. The molecule has 0 aliphatic heterocycles. The summed E-state index contributed by atoms with van der Waals surface area (Å²) in [5.41, 5.74) is -0.399. The zero-order valence-electron chi connectivity index (χ0n) is 11.3. The van der Waals surface area contributed by atoms with Gasteiger partial charge < -0.3 is 5.32 Å². The molecule has 0 saturated heterocycles. The number of carbonyl (C=O) groups excluding carboxylic acids is 1. The third-order valence-electron chi connectivity index (χ3n) is 2.47. The molecule has 1 rings (SSSR count). The third-order valence-corrected chi connectivity index (χ3v) is 2.47. The van der Waals surface area contributed by atoms with Gasteiger partial charge in [0.2, 0.25) is 5.69 Å².